The molecule has 7 heavy (non-hydrogen) atoms. The molecule has 0 heterocycles. The molecule has 0 N–H and O–H groups in total. The molecule has 0 aromatic heterocycles. The molecule has 0 saturated heterocycles. The highest BCUT2D eigenvalue weighted by Gasteiger charge is 2.15. The first-order chi connectivity index (χ1) is 3.34. The third kappa shape index (κ3) is 0.897. The summed E-state index contributed by atoms with van der Waals surface area (Å²) in [5, 5.41) is 0. The lowest BCUT2D eigenvalue weighted by atomic mass is 10.5. The lowest BCUT2D eigenvalue weighted by Gasteiger charge is -1.87. The normalized spacial score (nSPS) is 15.7. The van der Waals surface area contributed by atoms with Gasteiger partial charge in [-0.25, -0.2) is 4.79 Å². The predicted molar refractivity (Wildman–Crippen MR) is 28.7 cm³/mol. The topological polar surface area (TPSA) is 26.3 Å². The zero-order valence-corrected chi connectivity index (χ0v) is 6.10. The highest BCUT2D eigenvalue weighted by atomic mass is 28.2. The molecule has 1 rings (SSSR count). The van der Waals surface area contributed by atoms with Gasteiger partial charge in [0, 0.05) is 5.57 Å². The maximum Gasteiger partial charge on any atom is 0.319 e. The number of allylic oxidation sites excluding steroid dienone is 1. The number of hydrogen-bond acceptors (Lipinski definition) is 2. The van der Waals surface area contributed by atoms with Gasteiger partial charge in [0.1, 0.15) is 0 Å². The van der Waals surface area contributed by atoms with Crippen molar-refractivity contribution in [3.05, 3.63) is 11.6 Å². The Morgan fingerprint density at radius 1 is 2.00 bits per heavy atom. The third-order valence-electron chi connectivity index (χ3n) is 0.856. The van der Waals surface area contributed by atoms with Gasteiger partial charge in [0.15, 0.2) is 0 Å². The average molecular weight is 114 g/mol. The highest BCUT2D eigenvalue weighted by Crippen LogP contribution is 2.18. The first kappa shape index (κ1) is 4.58. The molecule has 0 atom stereocenters. The Bertz CT molecular complexity index is 128. The van der Waals surface area contributed by atoms with Crippen LogP contribution in [-0.2, 0) is 9.22 Å². The van der Waals surface area contributed by atoms with Gasteiger partial charge in [0.25, 0.3) is 0 Å². The second-order valence-corrected chi connectivity index (χ2v) is 1.83. The van der Waals surface area contributed by atoms with Crippen LogP contribution in [0.4, 0.5) is 0 Å². The zero-order chi connectivity index (χ0) is 5.28. The Morgan fingerprint density at radius 2 is 2.57 bits per heavy atom. The van der Waals surface area contributed by atoms with Gasteiger partial charge in [-0.1, -0.05) is 6.08 Å². The van der Waals surface area contributed by atoms with Gasteiger partial charge in [-0.05, 0) is 6.42 Å². The van der Waals surface area contributed by atoms with Crippen molar-refractivity contribution in [3.8, 4) is 0 Å². The van der Waals surface area contributed by atoms with Gasteiger partial charge < -0.3 is 4.43 Å². The monoisotopic (exact) mass is 114 g/mol. The molecule has 0 unspecified atom stereocenters. The van der Waals surface area contributed by atoms with Gasteiger partial charge >= 0.3 is 5.97 Å². The quantitative estimate of drug-likeness (QED) is 0.415. The first-order valence-electron chi connectivity index (χ1n) is 2.12. The van der Waals surface area contributed by atoms with Crippen molar-refractivity contribution < 1.29 is 9.22 Å². The SMILES string of the molecule is O=C(O[SiH3])C1=CC1. The molecule has 0 aliphatic heterocycles. The Kier molecular flexibility index (Phi) is 0.980. The van der Waals surface area contributed by atoms with E-state index in [1.54, 1.807) is 0 Å². The van der Waals surface area contributed by atoms with E-state index < -0.39 is 0 Å². The van der Waals surface area contributed by atoms with Gasteiger partial charge in [-0.2, -0.15) is 0 Å². The molecule has 1 aliphatic rings. The van der Waals surface area contributed by atoms with Gasteiger partial charge in [0.05, 0.1) is 0 Å². The Morgan fingerprint density at radius 3 is 2.71 bits per heavy atom. The van der Waals surface area contributed by atoms with E-state index in [4.69, 9.17) is 0 Å². The van der Waals surface area contributed by atoms with Crippen LogP contribution in [0.1, 0.15) is 6.42 Å². The minimum absolute atomic E-state index is 0.119. The van der Waals surface area contributed by atoms with E-state index in [0.29, 0.717) is 10.5 Å². The van der Waals surface area contributed by atoms with E-state index in [1.807, 2.05) is 6.08 Å². The zero-order valence-electron chi connectivity index (χ0n) is 4.10. The van der Waals surface area contributed by atoms with Gasteiger partial charge in [0.2, 0.25) is 10.5 Å². The molecule has 0 bridgehead atoms. The maximum absolute atomic E-state index is 10.3. The lowest BCUT2D eigenvalue weighted by molar-refractivity contribution is -0.129. The summed E-state index contributed by atoms with van der Waals surface area (Å²) in [6.45, 7) is 0. The Balaban J connectivity index is 2.39. The molecule has 0 fully saturated rings. The summed E-state index contributed by atoms with van der Waals surface area (Å²) in [4.78, 5) is 10.3. The number of hydrogen-bond donors (Lipinski definition) is 0. The van der Waals surface area contributed by atoms with Crippen LogP contribution in [0.15, 0.2) is 11.6 Å². The van der Waals surface area contributed by atoms with E-state index in [0.717, 1.165) is 12.0 Å². The second-order valence-electron chi connectivity index (χ2n) is 1.43. The van der Waals surface area contributed by atoms with E-state index in [1.165, 1.54) is 0 Å². The molecule has 0 radical (unpaired) electrons. The van der Waals surface area contributed by atoms with E-state index in [2.05, 4.69) is 4.43 Å². The largest absolute Gasteiger partial charge is 0.525 e. The fraction of sp³-hybridized carbons (Fsp3) is 0.250. The van der Waals surface area contributed by atoms with E-state index in [-0.39, 0.29) is 5.97 Å². The average Bonchev–Trinajstić information content (AvgIpc) is 2.44. The van der Waals surface area contributed by atoms with Crippen LogP contribution in [0.25, 0.3) is 0 Å². The molecule has 0 amide bonds. The second kappa shape index (κ2) is 1.50. The number of carbonyl (C=O) groups excluding carboxylic acids is 1. The molecule has 0 aromatic carbocycles. The van der Waals surface area contributed by atoms with Crippen molar-refractivity contribution in [1.29, 1.82) is 0 Å². The Labute approximate surface area is 44.7 Å². The molecule has 0 saturated carbocycles. The first-order valence-corrected chi connectivity index (χ1v) is 2.93. The van der Waals surface area contributed by atoms with Crippen LogP contribution in [-0.4, -0.2) is 16.5 Å². The Hall–Kier alpha value is -0.573. The van der Waals surface area contributed by atoms with E-state index >= 15 is 0 Å². The summed E-state index contributed by atoms with van der Waals surface area (Å²) in [7, 11) is 0.520. The summed E-state index contributed by atoms with van der Waals surface area (Å²) < 4.78 is 4.51. The molecule has 38 valence electrons. The van der Waals surface area contributed by atoms with Crippen LogP contribution in [0.5, 0.6) is 0 Å². The molecule has 3 heteroatoms. The molecule has 1 aliphatic carbocycles. The van der Waals surface area contributed by atoms with E-state index in [9.17, 15) is 4.79 Å². The standard InChI is InChI=1S/C4H6O2Si/c5-4(6-7)3-1-2-3/h1H,2H2,7H3. The number of carbonyl (C=O) groups is 1. The minimum Gasteiger partial charge on any atom is -0.525 e. The van der Waals surface area contributed by atoms with Crippen LogP contribution in [0.2, 0.25) is 0 Å². The molecule has 0 aromatic rings. The van der Waals surface area contributed by atoms with Crippen molar-refractivity contribution in [2.75, 3.05) is 0 Å². The molecule has 2 nitrogen and oxygen atoms in total. The van der Waals surface area contributed by atoms with Crippen molar-refractivity contribution in [2.24, 2.45) is 0 Å². The minimum atomic E-state index is -0.119. The number of rotatable bonds is 1. The molecule has 0 spiro atoms. The summed E-state index contributed by atoms with van der Waals surface area (Å²) in [5.41, 5.74) is 0.843. The summed E-state index contributed by atoms with van der Waals surface area (Å²) in [6.07, 6.45) is 2.71. The molecular weight excluding hydrogens is 108 g/mol. The smallest absolute Gasteiger partial charge is 0.319 e. The lowest BCUT2D eigenvalue weighted by Crippen LogP contribution is -1.96. The van der Waals surface area contributed by atoms with Crippen LogP contribution >= 0.6 is 0 Å². The molecular formula is C4H6O2Si. The third-order valence-corrected chi connectivity index (χ3v) is 1.23. The van der Waals surface area contributed by atoms with Gasteiger partial charge in [-0.3, -0.25) is 0 Å². The summed E-state index contributed by atoms with van der Waals surface area (Å²) >= 11 is 0. The van der Waals surface area contributed by atoms with Gasteiger partial charge in [-0.15, -0.1) is 0 Å². The van der Waals surface area contributed by atoms with Crippen molar-refractivity contribution in [3.63, 3.8) is 0 Å². The van der Waals surface area contributed by atoms with Crippen LogP contribution in [0.3, 0.4) is 0 Å². The van der Waals surface area contributed by atoms with Crippen molar-refractivity contribution in [2.45, 2.75) is 6.42 Å². The van der Waals surface area contributed by atoms with Crippen LogP contribution in [0, 0.1) is 0 Å². The summed E-state index contributed by atoms with van der Waals surface area (Å²) in [6, 6.07) is 0. The van der Waals surface area contributed by atoms with Crippen molar-refractivity contribution in [1.82, 2.24) is 0 Å². The summed E-state index contributed by atoms with van der Waals surface area (Å²) in [5.74, 6) is -0.119. The fourth-order valence-electron chi connectivity index (χ4n) is 0.349. The fourth-order valence-corrected chi connectivity index (χ4v) is 0.611. The van der Waals surface area contributed by atoms with Crippen molar-refractivity contribution >= 4 is 16.5 Å². The van der Waals surface area contributed by atoms with Crippen LogP contribution < -0.4 is 0 Å². The predicted octanol–water partition coefficient (Wildman–Crippen LogP) is -0.860. The maximum atomic E-state index is 10.3. The highest BCUT2D eigenvalue weighted by molar-refractivity contribution is 6.10.